The van der Waals surface area contributed by atoms with E-state index in [4.69, 9.17) is 4.74 Å². The summed E-state index contributed by atoms with van der Waals surface area (Å²) in [5.74, 6) is -0.325. The van der Waals surface area contributed by atoms with Gasteiger partial charge in [-0.05, 0) is 24.1 Å². The monoisotopic (exact) mass is 318 g/mol. The van der Waals surface area contributed by atoms with Crippen LogP contribution in [-0.2, 0) is 9.53 Å². The van der Waals surface area contributed by atoms with Gasteiger partial charge in [0.15, 0.2) is 0 Å². The summed E-state index contributed by atoms with van der Waals surface area (Å²) in [6.45, 7) is 3.94. The van der Waals surface area contributed by atoms with Crippen LogP contribution < -0.4 is 4.90 Å². The molecule has 4 heteroatoms. The van der Waals surface area contributed by atoms with Crippen LogP contribution in [-0.4, -0.2) is 18.1 Å². The first-order valence-corrected chi connectivity index (χ1v) is 7.84. The Morgan fingerprint density at radius 1 is 1.17 bits per heavy atom. The Morgan fingerprint density at radius 2 is 1.79 bits per heavy atom. The highest BCUT2D eigenvalue weighted by atomic mass is 16.5. The molecule has 0 unspecified atom stereocenters. The summed E-state index contributed by atoms with van der Waals surface area (Å²) in [5.41, 5.74) is 0.149. The zero-order valence-corrected chi connectivity index (χ0v) is 13.3. The summed E-state index contributed by atoms with van der Waals surface area (Å²) in [6.07, 6.45) is 2.30. The standard InChI is InChI=1S/C20H18N2O2/c1-2-3-14-24-20(15-21)18(16-10-6-4-7-11-16)22(19(20)23)17-12-8-5-9-13-17/h2,4-13,18H,1,3,14H2/t18-,20+/m0/s1. The Labute approximate surface area is 141 Å². The Bertz CT molecular complexity index is 767. The molecule has 0 spiro atoms. The minimum Gasteiger partial charge on any atom is -0.350 e. The van der Waals surface area contributed by atoms with Gasteiger partial charge < -0.3 is 4.74 Å². The minimum atomic E-state index is -1.49. The van der Waals surface area contributed by atoms with Gasteiger partial charge in [0.1, 0.15) is 12.1 Å². The third kappa shape index (κ3) is 2.49. The lowest BCUT2D eigenvalue weighted by Gasteiger charge is -2.51. The van der Waals surface area contributed by atoms with Crippen molar-refractivity contribution in [2.75, 3.05) is 11.5 Å². The minimum absolute atomic E-state index is 0.286. The fourth-order valence-electron chi connectivity index (χ4n) is 2.99. The number of β-lactam (4-membered cyclic amide) rings is 1. The lowest BCUT2D eigenvalue weighted by molar-refractivity contribution is -0.153. The summed E-state index contributed by atoms with van der Waals surface area (Å²) in [6, 6.07) is 20.5. The third-order valence-electron chi connectivity index (χ3n) is 4.15. The zero-order valence-electron chi connectivity index (χ0n) is 13.3. The molecule has 0 aromatic heterocycles. The molecular weight excluding hydrogens is 300 g/mol. The largest absolute Gasteiger partial charge is 0.350 e. The molecule has 0 N–H and O–H groups in total. The van der Waals surface area contributed by atoms with Crippen LogP contribution in [0.5, 0.6) is 0 Å². The van der Waals surface area contributed by atoms with Crippen LogP contribution in [0.1, 0.15) is 18.0 Å². The van der Waals surface area contributed by atoms with Gasteiger partial charge in [-0.15, -0.1) is 6.58 Å². The lowest BCUT2D eigenvalue weighted by Crippen LogP contribution is -2.69. The molecule has 24 heavy (non-hydrogen) atoms. The van der Waals surface area contributed by atoms with Crippen molar-refractivity contribution < 1.29 is 9.53 Å². The van der Waals surface area contributed by atoms with E-state index in [1.54, 1.807) is 11.0 Å². The van der Waals surface area contributed by atoms with E-state index < -0.39 is 11.6 Å². The van der Waals surface area contributed by atoms with Crippen LogP contribution in [0.4, 0.5) is 5.69 Å². The molecule has 1 saturated heterocycles. The summed E-state index contributed by atoms with van der Waals surface area (Å²) in [4.78, 5) is 14.5. The number of nitriles is 1. The Kier molecular flexibility index (Phi) is 4.45. The molecule has 4 nitrogen and oxygen atoms in total. The molecule has 2 aromatic carbocycles. The van der Waals surface area contributed by atoms with Crippen LogP contribution in [0.25, 0.3) is 0 Å². The molecule has 3 rings (SSSR count). The number of para-hydroxylation sites is 1. The molecule has 2 aromatic rings. The number of ether oxygens (including phenoxy) is 1. The van der Waals surface area contributed by atoms with Crippen LogP contribution >= 0.6 is 0 Å². The van der Waals surface area contributed by atoms with E-state index >= 15 is 0 Å². The van der Waals surface area contributed by atoms with Crippen LogP contribution in [0.3, 0.4) is 0 Å². The first-order valence-electron chi connectivity index (χ1n) is 7.84. The van der Waals surface area contributed by atoms with Gasteiger partial charge in [0.05, 0.1) is 6.61 Å². The maximum absolute atomic E-state index is 12.8. The Balaban J connectivity index is 2.01. The molecule has 0 saturated carbocycles. The summed E-state index contributed by atoms with van der Waals surface area (Å²) in [5, 5.41) is 9.75. The normalized spacial score (nSPS) is 22.5. The zero-order chi connectivity index (χ0) is 17.0. The van der Waals surface area contributed by atoms with Gasteiger partial charge in [-0.3, -0.25) is 9.69 Å². The topological polar surface area (TPSA) is 53.3 Å². The van der Waals surface area contributed by atoms with Gasteiger partial charge in [0, 0.05) is 5.69 Å². The number of anilines is 1. The van der Waals surface area contributed by atoms with E-state index in [0.29, 0.717) is 6.42 Å². The van der Waals surface area contributed by atoms with E-state index in [2.05, 4.69) is 12.6 Å². The first-order chi connectivity index (χ1) is 11.7. The fraction of sp³-hybridized carbons (Fsp3) is 0.200. The highest BCUT2D eigenvalue weighted by molar-refractivity contribution is 6.10. The van der Waals surface area contributed by atoms with Crippen LogP contribution in [0, 0.1) is 11.3 Å². The predicted octanol–water partition coefficient (Wildman–Crippen LogP) is 3.63. The van der Waals surface area contributed by atoms with E-state index in [1.807, 2.05) is 60.7 Å². The molecule has 120 valence electrons. The van der Waals surface area contributed by atoms with Crippen LogP contribution in [0.15, 0.2) is 73.3 Å². The highest BCUT2D eigenvalue weighted by Crippen LogP contribution is 2.48. The first kappa shape index (κ1) is 16.0. The van der Waals surface area contributed by atoms with Crippen molar-refractivity contribution in [2.24, 2.45) is 0 Å². The van der Waals surface area contributed by atoms with Crippen molar-refractivity contribution in [1.82, 2.24) is 0 Å². The summed E-state index contributed by atoms with van der Waals surface area (Å²) < 4.78 is 5.76. The number of nitrogens with zero attached hydrogens (tertiary/aromatic N) is 2. The second-order valence-electron chi connectivity index (χ2n) is 5.60. The highest BCUT2D eigenvalue weighted by Gasteiger charge is 2.64. The second-order valence-corrected chi connectivity index (χ2v) is 5.60. The number of hydrogen-bond donors (Lipinski definition) is 0. The number of rotatable bonds is 6. The van der Waals surface area contributed by atoms with Crippen molar-refractivity contribution in [3.63, 3.8) is 0 Å². The summed E-state index contributed by atoms with van der Waals surface area (Å²) >= 11 is 0. The van der Waals surface area contributed by atoms with Crippen molar-refractivity contribution in [3.05, 3.63) is 78.9 Å². The molecule has 1 heterocycles. The summed E-state index contributed by atoms with van der Waals surface area (Å²) in [7, 11) is 0. The Morgan fingerprint density at radius 3 is 2.38 bits per heavy atom. The molecule has 0 aliphatic carbocycles. The van der Waals surface area contributed by atoms with E-state index in [0.717, 1.165) is 11.3 Å². The van der Waals surface area contributed by atoms with E-state index in [1.165, 1.54) is 0 Å². The Hall–Kier alpha value is -2.90. The molecule has 1 fully saturated rings. The van der Waals surface area contributed by atoms with Gasteiger partial charge >= 0.3 is 0 Å². The van der Waals surface area contributed by atoms with Crippen molar-refractivity contribution in [2.45, 2.75) is 18.1 Å². The fourth-order valence-corrected chi connectivity index (χ4v) is 2.99. The van der Waals surface area contributed by atoms with Gasteiger partial charge in [0.25, 0.3) is 11.5 Å². The second kappa shape index (κ2) is 6.69. The van der Waals surface area contributed by atoms with Crippen LogP contribution in [0.2, 0.25) is 0 Å². The SMILES string of the molecule is C=CCCO[C@@]1(C#N)C(=O)N(c2ccccc2)[C@H]1c1ccccc1. The molecule has 1 aliphatic heterocycles. The molecular formula is C20H18N2O2. The molecule has 2 atom stereocenters. The van der Waals surface area contributed by atoms with E-state index in [-0.39, 0.29) is 12.5 Å². The predicted molar refractivity (Wildman–Crippen MR) is 92.2 cm³/mol. The smallest absolute Gasteiger partial charge is 0.277 e. The van der Waals surface area contributed by atoms with Crippen molar-refractivity contribution >= 4 is 11.6 Å². The number of carbonyl (C=O) groups is 1. The lowest BCUT2D eigenvalue weighted by atomic mass is 9.78. The van der Waals surface area contributed by atoms with Gasteiger partial charge in [0.2, 0.25) is 0 Å². The third-order valence-corrected chi connectivity index (χ3v) is 4.15. The van der Waals surface area contributed by atoms with Crippen molar-refractivity contribution in [1.29, 1.82) is 5.26 Å². The molecule has 1 aliphatic rings. The van der Waals surface area contributed by atoms with Gasteiger partial charge in [-0.1, -0.05) is 54.6 Å². The van der Waals surface area contributed by atoms with Crippen molar-refractivity contribution in [3.8, 4) is 6.07 Å². The van der Waals surface area contributed by atoms with E-state index in [9.17, 15) is 10.1 Å². The molecule has 1 amide bonds. The quantitative estimate of drug-likeness (QED) is 0.464. The number of benzene rings is 2. The number of hydrogen-bond acceptors (Lipinski definition) is 3. The number of amides is 1. The van der Waals surface area contributed by atoms with Gasteiger partial charge in [-0.25, -0.2) is 0 Å². The van der Waals surface area contributed by atoms with Gasteiger partial charge in [-0.2, -0.15) is 5.26 Å². The maximum atomic E-state index is 12.8. The average molecular weight is 318 g/mol. The number of carbonyl (C=O) groups excluding carboxylic acids is 1. The molecule has 0 radical (unpaired) electrons. The maximum Gasteiger partial charge on any atom is 0.277 e. The molecule has 0 bridgehead atoms. The average Bonchev–Trinajstić information content (AvgIpc) is 2.64.